The first kappa shape index (κ1) is 16.4. The molecule has 4 heteroatoms. The molecule has 1 unspecified atom stereocenters. The van der Waals surface area contributed by atoms with Gasteiger partial charge in [0.25, 0.3) is 5.91 Å². The smallest absolute Gasteiger partial charge is 0.258 e. The Morgan fingerprint density at radius 1 is 1.14 bits per heavy atom. The molecule has 0 fully saturated rings. The highest BCUT2D eigenvalue weighted by atomic mass is 35.5. The molecule has 0 aromatic heterocycles. The van der Waals surface area contributed by atoms with E-state index in [-0.39, 0.29) is 18.6 Å². The van der Waals surface area contributed by atoms with Gasteiger partial charge in [-0.3, -0.25) is 4.79 Å². The number of nitrogens with one attached hydrogen (secondary N) is 1. The molecule has 2 rings (SSSR count). The quantitative estimate of drug-likeness (QED) is 0.880. The monoisotopic (exact) mass is 317 g/mol. The Morgan fingerprint density at radius 3 is 2.41 bits per heavy atom. The molecule has 2 aromatic rings. The standard InChI is InChI=1S/C18H20ClNO2/c1-13-3-5-15(6-4-13)11-14(2)20-18(21)12-22-17-9-7-16(19)8-10-17/h3-10,14H,11-12H2,1-2H3,(H,20,21). The predicted octanol–water partition coefficient (Wildman–Crippen LogP) is 3.77. The summed E-state index contributed by atoms with van der Waals surface area (Å²) in [5.41, 5.74) is 2.44. The molecule has 0 aliphatic heterocycles. The van der Waals surface area contributed by atoms with Gasteiger partial charge in [-0.25, -0.2) is 0 Å². The zero-order valence-electron chi connectivity index (χ0n) is 12.8. The Hall–Kier alpha value is -2.00. The molecular weight excluding hydrogens is 298 g/mol. The number of rotatable bonds is 6. The molecule has 0 aliphatic carbocycles. The average molecular weight is 318 g/mol. The summed E-state index contributed by atoms with van der Waals surface area (Å²) >= 11 is 5.80. The zero-order chi connectivity index (χ0) is 15.9. The number of carbonyl (C=O) groups excluding carboxylic acids is 1. The Morgan fingerprint density at radius 2 is 1.77 bits per heavy atom. The minimum absolute atomic E-state index is 0.000129. The highest BCUT2D eigenvalue weighted by Gasteiger charge is 2.09. The van der Waals surface area contributed by atoms with Crippen LogP contribution in [0, 0.1) is 6.92 Å². The van der Waals surface area contributed by atoms with Gasteiger partial charge in [-0.1, -0.05) is 41.4 Å². The van der Waals surface area contributed by atoms with Gasteiger partial charge in [-0.15, -0.1) is 0 Å². The summed E-state index contributed by atoms with van der Waals surface area (Å²) in [7, 11) is 0. The summed E-state index contributed by atoms with van der Waals surface area (Å²) in [6, 6.07) is 15.3. The van der Waals surface area contributed by atoms with Crippen molar-refractivity contribution in [1.29, 1.82) is 0 Å². The second-order valence-corrected chi connectivity index (χ2v) is 5.84. The molecule has 0 bridgehead atoms. The molecule has 1 N–H and O–H groups in total. The fraction of sp³-hybridized carbons (Fsp3) is 0.278. The van der Waals surface area contributed by atoms with E-state index in [1.54, 1.807) is 24.3 Å². The van der Waals surface area contributed by atoms with Crippen LogP contribution in [0.3, 0.4) is 0 Å². The maximum atomic E-state index is 11.9. The van der Waals surface area contributed by atoms with Crippen LogP contribution in [-0.2, 0) is 11.2 Å². The number of hydrogen-bond donors (Lipinski definition) is 1. The summed E-state index contributed by atoms with van der Waals surface area (Å²) in [4.78, 5) is 11.9. The molecular formula is C18H20ClNO2. The van der Waals surface area contributed by atoms with Crippen LogP contribution in [0.2, 0.25) is 5.02 Å². The molecule has 116 valence electrons. The van der Waals surface area contributed by atoms with Crippen molar-refractivity contribution in [3.63, 3.8) is 0 Å². The van der Waals surface area contributed by atoms with Crippen LogP contribution in [0.4, 0.5) is 0 Å². The van der Waals surface area contributed by atoms with Crippen molar-refractivity contribution >= 4 is 17.5 Å². The van der Waals surface area contributed by atoms with E-state index in [1.165, 1.54) is 11.1 Å². The fourth-order valence-electron chi connectivity index (χ4n) is 2.12. The number of halogens is 1. The van der Waals surface area contributed by atoms with Crippen molar-refractivity contribution in [2.45, 2.75) is 26.3 Å². The Balaban J connectivity index is 1.76. The lowest BCUT2D eigenvalue weighted by atomic mass is 10.1. The van der Waals surface area contributed by atoms with Gasteiger partial charge in [-0.2, -0.15) is 0 Å². The summed E-state index contributed by atoms with van der Waals surface area (Å²) in [6.45, 7) is 4.04. The van der Waals surface area contributed by atoms with E-state index >= 15 is 0 Å². The lowest BCUT2D eigenvalue weighted by molar-refractivity contribution is -0.123. The number of carbonyl (C=O) groups is 1. The van der Waals surface area contributed by atoms with Gasteiger partial charge in [0, 0.05) is 11.1 Å². The first-order valence-corrected chi connectivity index (χ1v) is 7.64. The molecule has 0 heterocycles. The molecule has 1 atom stereocenters. The Kier molecular flexibility index (Phi) is 5.84. The molecule has 0 aliphatic rings. The Labute approximate surface area is 136 Å². The maximum Gasteiger partial charge on any atom is 0.258 e. The van der Waals surface area contributed by atoms with Crippen molar-refractivity contribution in [2.24, 2.45) is 0 Å². The summed E-state index contributed by atoms with van der Waals surface area (Å²) in [5, 5.41) is 3.58. The SMILES string of the molecule is Cc1ccc(CC(C)NC(=O)COc2ccc(Cl)cc2)cc1. The van der Waals surface area contributed by atoms with E-state index in [9.17, 15) is 4.79 Å². The predicted molar refractivity (Wildman–Crippen MR) is 89.4 cm³/mol. The van der Waals surface area contributed by atoms with E-state index < -0.39 is 0 Å². The normalized spacial score (nSPS) is 11.8. The van der Waals surface area contributed by atoms with Gasteiger partial charge in [0.1, 0.15) is 5.75 Å². The average Bonchev–Trinajstić information content (AvgIpc) is 2.49. The molecule has 0 saturated heterocycles. The van der Waals surface area contributed by atoms with Crippen LogP contribution in [-0.4, -0.2) is 18.6 Å². The second-order valence-electron chi connectivity index (χ2n) is 5.40. The van der Waals surface area contributed by atoms with Crippen molar-refractivity contribution in [3.05, 3.63) is 64.7 Å². The highest BCUT2D eigenvalue weighted by Crippen LogP contribution is 2.15. The molecule has 0 saturated carbocycles. The van der Waals surface area contributed by atoms with Gasteiger partial charge < -0.3 is 10.1 Å². The summed E-state index contributed by atoms with van der Waals surface area (Å²) in [6.07, 6.45) is 0.799. The second kappa shape index (κ2) is 7.85. The molecule has 0 spiro atoms. The minimum Gasteiger partial charge on any atom is -0.484 e. The van der Waals surface area contributed by atoms with Crippen LogP contribution >= 0.6 is 11.6 Å². The number of amides is 1. The van der Waals surface area contributed by atoms with Crippen LogP contribution in [0.5, 0.6) is 5.75 Å². The molecule has 2 aromatic carbocycles. The van der Waals surface area contributed by atoms with Crippen LogP contribution in [0.1, 0.15) is 18.1 Å². The fourth-order valence-corrected chi connectivity index (χ4v) is 2.25. The largest absolute Gasteiger partial charge is 0.484 e. The van der Waals surface area contributed by atoms with E-state index in [0.29, 0.717) is 10.8 Å². The van der Waals surface area contributed by atoms with Gasteiger partial charge in [0.2, 0.25) is 0 Å². The third kappa shape index (κ3) is 5.41. The van der Waals surface area contributed by atoms with Crippen molar-refractivity contribution in [1.82, 2.24) is 5.32 Å². The zero-order valence-corrected chi connectivity index (χ0v) is 13.6. The van der Waals surface area contributed by atoms with Gasteiger partial charge in [0.15, 0.2) is 6.61 Å². The molecule has 22 heavy (non-hydrogen) atoms. The number of aryl methyl sites for hydroxylation is 1. The van der Waals surface area contributed by atoms with Gasteiger partial charge >= 0.3 is 0 Å². The first-order valence-electron chi connectivity index (χ1n) is 7.26. The van der Waals surface area contributed by atoms with Crippen molar-refractivity contribution in [3.8, 4) is 5.75 Å². The van der Waals surface area contributed by atoms with Crippen molar-refractivity contribution in [2.75, 3.05) is 6.61 Å². The lowest BCUT2D eigenvalue weighted by Gasteiger charge is -2.14. The molecule has 0 radical (unpaired) electrons. The lowest BCUT2D eigenvalue weighted by Crippen LogP contribution is -2.37. The van der Waals surface area contributed by atoms with Crippen LogP contribution < -0.4 is 10.1 Å². The Bertz CT molecular complexity index is 608. The van der Waals surface area contributed by atoms with E-state index in [1.807, 2.05) is 6.92 Å². The highest BCUT2D eigenvalue weighted by molar-refractivity contribution is 6.30. The van der Waals surface area contributed by atoms with E-state index in [2.05, 4.69) is 36.5 Å². The summed E-state index contributed by atoms with van der Waals surface area (Å²) < 4.78 is 5.42. The maximum absolute atomic E-state index is 11.9. The van der Waals surface area contributed by atoms with Crippen molar-refractivity contribution < 1.29 is 9.53 Å². The van der Waals surface area contributed by atoms with E-state index in [0.717, 1.165) is 6.42 Å². The van der Waals surface area contributed by atoms with Crippen LogP contribution in [0.15, 0.2) is 48.5 Å². The third-order valence-corrected chi connectivity index (χ3v) is 3.51. The number of hydrogen-bond acceptors (Lipinski definition) is 2. The van der Waals surface area contributed by atoms with E-state index in [4.69, 9.17) is 16.3 Å². The topological polar surface area (TPSA) is 38.3 Å². The third-order valence-electron chi connectivity index (χ3n) is 3.25. The number of benzene rings is 2. The van der Waals surface area contributed by atoms with Crippen LogP contribution in [0.25, 0.3) is 0 Å². The molecule has 3 nitrogen and oxygen atoms in total. The first-order chi connectivity index (χ1) is 10.5. The number of ether oxygens (including phenoxy) is 1. The van der Waals surface area contributed by atoms with Gasteiger partial charge in [-0.05, 0) is 50.1 Å². The van der Waals surface area contributed by atoms with Gasteiger partial charge in [0.05, 0.1) is 0 Å². The summed E-state index contributed by atoms with van der Waals surface area (Å²) in [5.74, 6) is 0.500. The minimum atomic E-state index is -0.130. The molecule has 1 amide bonds.